The predicted molar refractivity (Wildman–Crippen MR) is 99.6 cm³/mol. The van der Waals surface area contributed by atoms with Crippen LogP contribution in [-0.2, 0) is 14.3 Å². The molecule has 27 heavy (non-hydrogen) atoms. The van der Waals surface area contributed by atoms with Gasteiger partial charge in [-0.25, -0.2) is 9.18 Å². The third kappa shape index (κ3) is 5.72. The zero-order valence-electron chi connectivity index (χ0n) is 14.6. The van der Waals surface area contributed by atoms with Crippen molar-refractivity contribution in [2.45, 2.75) is 0 Å². The van der Waals surface area contributed by atoms with Crippen molar-refractivity contribution in [2.24, 2.45) is 0 Å². The molecule has 142 valence electrons. The third-order valence-electron chi connectivity index (χ3n) is 3.40. The minimum Gasteiger partial charge on any atom is -0.495 e. The third-order valence-corrected chi connectivity index (χ3v) is 3.69. The largest absolute Gasteiger partial charge is 0.495 e. The maximum Gasteiger partial charge on any atom is 0.331 e. The maximum absolute atomic E-state index is 13.5. The first kappa shape index (κ1) is 20.3. The van der Waals surface area contributed by atoms with Gasteiger partial charge in [-0.1, -0.05) is 29.8 Å². The molecule has 1 amide bonds. The normalized spacial score (nSPS) is 10.5. The van der Waals surface area contributed by atoms with E-state index in [1.54, 1.807) is 6.07 Å². The number of hydrogen-bond donors (Lipinski definition) is 1. The first-order valence-electron chi connectivity index (χ1n) is 7.75. The lowest BCUT2D eigenvalue weighted by molar-refractivity contribution is -0.142. The Bertz CT molecular complexity index is 869. The molecule has 0 saturated carbocycles. The van der Waals surface area contributed by atoms with Crippen LogP contribution in [0.5, 0.6) is 11.5 Å². The molecule has 0 heterocycles. The van der Waals surface area contributed by atoms with Crippen molar-refractivity contribution in [3.05, 3.63) is 58.9 Å². The van der Waals surface area contributed by atoms with Gasteiger partial charge in [-0.3, -0.25) is 4.79 Å². The molecule has 0 radical (unpaired) electrons. The van der Waals surface area contributed by atoms with Gasteiger partial charge < -0.3 is 19.5 Å². The van der Waals surface area contributed by atoms with Gasteiger partial charge >= 0.3 is 5.97 Å². The van der Waals surface area contributed by atoms with Crippen LogP contribution in [0.15, 0.2) is 42.5 Å². The molecule has 2 rings (SSSR count). The standard InChI is InChI=1S/C19H17ClFNO5/c1-25-16-10-17(26-2)15(9-13(16)20)22-18(23)11-27-19(24)8-7-12-5-3-4-6-14(12)21/h3-10H,11H2,1-2H3,(H,22,23)/b8-7+. The maximum atomic E-state index is 13.5. The topological polar surface area (TPSA) is 73.9 Å². The highest BCUT2D eigenvalue weighted by atomic mass is 35.5. The quantitative estimate of drug-likeness (QED) is 0.573. The Morgan fingerprint density at radius 3 is 2.52 bits per heavy atom. The highest BCUT2D eigenvalue weighted by molar-refractivity contribution is 6.32. The molecule has 0 saturated heterocycles. The molecular weight excluding hydrogens is 377 g/mol. The van der Waals surface area contributed by atoms with E-state index in [1.165, 1.54) is 50.6 Å². The average molecular weight is 394 g/mol. The minimum absolute atomic E-state index is 0.233. The van der Waals surface area contributed by atoms with Gasteiger partial charge in [0.15, 0.2) is 6.61 Å². The molecule has 6 nitrogen and oxygen atoms in total. The summed E-state index contributed by atoms with van der Waals surface area (Å²) in [4.78, 5) is 23.6. The summed E-state index contributed by atoms with van der Waals surface area (Å²) >= 11 is 6.02. The van der Waals surface area contributed by atoms with Crippen LogP contribution in [0.25, 0.3) is 6.08 Å². The number of halogens is 2. The number of carbonyl (C=O) groups excluding carboxylic acids is 2. The van der Waals surface area contributed by atoms with Crippen LogP contribution in [0.1, 0.15) is 5.56 Å². The molecule has 0 aliphatic carbocycles. The lowest BCUT2D eigenvalue weighted by atomic mass is 10.2. The first-order valence-corrected chi connectivity index (χ1v) is 8.13. The van der Waals surface area contributed by atoms with Crippen LogP contribution < -0.4 is 14.8 Å². The van der Waals surface area contributed by atoms with Crippen LogP contribution in [0.3, 0.4) is 0 Å². The summed E-state index contributed by atoms with van der Waals surface area (Å²) in [5.74, 6) is -1.13. The summed E-state index contributed by atoms with van der Waals surface area (Å²) in [6, 6.07) is 8.92. The number of benzene rings is 2. The number of rotatable bonds is 7. The van der Waals surface area contributed by atoms with Crippen LogP contribution in [0, 0.1) is 5.82 Å². The van der Waals surface area contributed by atoms with Crippen LogP contribution in [0.2, 0.25) is 5.02 Å². The van der Waals surface area contributed by atoms with E-state index in [0.717, 1.165) is 6.08 Å². The van der Waals surface area contributed by atoms with Crippen molar-refractivity contribution in [3.8, 4) is 11.5 Å². The molecule has 0 atom stereocenters. The van der Waals surface area contributed by atoms with E-state index in [-0.39, 0.29) is 10.6 Å². The summed E-state index contributed by atoms with van der Waals surface area (Å²) < 4.78 is 28.5. The highest BCUT2D eigenvalue weighted by Crippen LogP contribution is 2.35. The van der Waals surface area contributed by atoms with E-state index in [9.17, 15) is 14.0 Å². The van der Waals surface area contributed by atoms with Gasteiger partial charge in [-0.05, 0) is 18.2 Å². The second-order valence-corrected chi connectivity index (χ2v) is 5.60. The van der Waals surface area contributed by atoms with Crippen molar-refractivity contribution in [3.63, 3.8) is 0 Å². The molecule has 0 fully saturated rings. The van der Waals surface area contributed by atoms with E-state index >= 15 is 0 Å². The molecule has 2 aromatic carbocycles. The number of carbonyl (C=O) groups is 2. The molecule has 0 spiro atoms. The van der Waals surface area contributed by atoms with Gasteiger partial charge in [-0.2, -0.15) is 0 Å². The SMILES string of the molecule is COc1cc(OC)c(NC(=O)COC(=O)/C=C/c2ccccc2F)cc1Cl. The van der Waals surface area contributed by atoms with Gasteiger partial charge in [-0.15, -0.1) is 0 Å². The zero-order chi connectivity index (χ0) is 19.8. The number of hydrogen-bond acceptors (Lipinski definition) is 5. The van der Waals surface area contributed by atoms with E-state index in [2.05, 4.69) is 5.32 Å². The van der Waals surface area contributed by atoms with Gasteiger partial charge in [0.05, 0.1) is 24.9 Å². The van der Waals surface area contributed by atoms with Crippen molar-refractivity contribution in [1.29, 1.82) is 0 Å². The lowest BCUT2D eigenvalue weighted by Crippen LogP contribution is -2.20. The fourth-order valence-corrected chi connectivity index (χ4v) is 2.34. The van der Waals surface area contributed by atoms with E-state index in [1.807, 2.05) is 0 Å². The Morgan fingerprint density at radius 1 is 1.15 bits per heavy atom. The van der Waals surface area contributed by atoms with E-state index in [0.29, 0.717) is 17.2 Å². The number of ether oxygens (including phenoxy) is 3. The number of anilines is 1. The highest BCUT2D eigenvalue weighted by Gasteiger charge is 2.13. The molecule has 8 heteroatoms. The van der Waals surface area contributed by atoms with Crippen LogP contribution in [-0.4, -0.2) is 32.7 Å². The van der Waals surface area contributed by atoms with Crippen molar-refractivity contribution in [1.82, 2.24) is 0 Å². The van der Waals surface area contributed by atoms with E-state index < -0.39 is 24.3 Å². The molecule has 0 aromatic heterocycles. The van der Waals surface area contributed by atoms with Gasteiger partial charge in [0.25, 0.3) is 5.91 Å². The molecule has 0 bridgehead atoms. The summed E-state index contributed by atoms with van der Waals surface area (Å²) in [7, 11) is 2.87. The fraction of sp³-hybridized carbons (Fsp3) is 0.158. The van der Waals surface area contributed by atoms with Gasteiger partial charge in [0.2, 0.25) is 0 Å². The van der Waals surface area contributed by atoms with Crippen LogP contribution >= 0.6 is 11.6 Å². The Hall–Kier alpha value is -3.06. The van der Waals surface area contributed by atoms with Gasteiger partial charge in [0.1, 0.15) is 17.3 Å². The van der Waals surface area contributed by atoms with E-state index in [4.69, 9.17) is 25.8 Å². The Morgan fingerprint density at radius 2 is 1.85 bits per heavy atom. The predicted octanol–water partition coefficient (Wildman–Crippen LogP) is 3.69. The molecular formula is C19H17ClFNO5. The first-order chi connectivity index (χ1) is 12.9. The molecule has 1 N–H and O–H groups in total. The fourth-order valence-electron chi connectivity index (χ4n) is 2.10. The number of amides is 1. The summed E-state index contributed by atoms with van der Waals surface area (Å²) in [5.41, 5.74) is 0.530. The number of methoxy groups -OCH3 is 2. The smallest absolute Gasteiger partial charge is 0.331 e. The van der Waals surface area contributed by atoms with Crippen molar-refractivity contribution in [2.75, 3.05) is 26.1 Å². The Kier molecular flexibility index (Phi) is 7.19. The molecule has 2 aromatic rings. The molecule has 0 aliphatic rings. The summed E-state index contributed by atoms with van der Waals surface area (Å²) in [6.07, 6.45) is 2.30. The Labute approximate surface area is 160 Å². The second kappa shape index (κ2) is 9.59. The Balaban J connectivity index is 1.93. The lowest BCUT2D eigenvalue weighted by Gasteiger charge is -2.13. The molecule has 0 aliphatic heterocycles. The van der Waals surface area contributed by atoms with Crippen molar-refractivity contribution < 1.29 is 28.2 Å². The average Bonchev–Trinajstić information content (AvgIpc) is 2.66. The second-order valence-electron chi connectivity index (χ2n) is 5.20. The molecule has 0 unspecified atom stereocenters. The van der Waals surface area contributed by atoms with Gasteiger partial charge in [0, 0.05) is 17.7 Å². The van der Waals surface area contributed by atoms with Crippen LogP contribution in [0.4, 0.5) is 10.1 Å². The monoisotopic (exact) mass is 393 g/mol. The summed E-state index contributed by atoms with van der Waals surface area (Å²) in [5, 5.41) is 2.80. The number of nitrogens with one attached hydrogen (secondary N) is 1. The number of esters is 1. The zero-order valence-corrected chi connectivity index (χ0v) is 15.4. The summed E-state index contributed by atoms with van der Waals surface area (Å²) in [6.45, 7) is -0.534. The van der Waals surface area contributed by atoms with Crippen molar-refractivity contribution >= 4 is 35.2 Å². The minimum atomic E-state index is -0.784.